The maximum absolute atomic E-state index is 12.1. The van der Waals surface area contributed by atoms with E-state index in [1.165, 1.54) is 0 Å². The summed E-state index contributed by atoms with van der Waals surface area (Å²) < 4.78 is 0. The van der Waals surface area contributed by atoms with Crippen molar-refractivity contribution < 1.29 is 4.79 Å². The Morgan fingerprint density at radius 1 is 1.22 bits per heavy atom. The fraction of sp³-hybridized carbons (Fsp3) is 0.333. The van der Waals surface area contributed by atoms with Gasteiger partial charge in [-0.05, 0) is 55.7 Å². The zero-order valence-corrected chi connectivity index (χ0v) is 14.4. The van der Waals surface area contributed by atoms with Gasteiger partial charge in [-0.2, -0.15) is 0 Å². The van der Waals surface area contributed by atoms with Crippen molar-refractivity contribution in [1.82, 2.24) is 4.98 Å². The molecule has 5 heteroatoms. The number of benzene rings is 1. The van der Waals surface area contributed by atoms with Gasteiger partial charge in [0, 0.05) is 16.6 Å². The molecule has 0 aliphatic heterocycles. The zero-order chi connectivity index (χ0) is 16.8. The highest BCUT2D eigenvalue weighted by Crippen LogP contribution is 2.23. The first kappa shape index (κ1) is 17.3. The summed E-state index contributed by atoms with van der Waals surface area (Å²) in [6.45, 7) is 6.03. The number of nitrogens with zero attached hydrogens (tertiary/aromatic N) is 1. The topological polar surface area (TPSA) is 54.0 Å². The molecule has 0 radical (unpaired) electrons. The summed E-state index contributed by atoms with van der Waals surface area (Å²) in [5, 5.41) is 6.86. The zero-order valence-electron chi connectivity index (χ0n) is 13.7. The Morgan fingerprint density at radius 2 is 1.96 bits per heavy atom. The molecule has 0 unspecified atom stereocenters. The molecular formula is C18H22ClN3O. The first-order valence-corrected chi connectivity index (χ1v) is 8.21. The van der Waals surface area contributed by atoms with Crippen molar-refractivity contribution in [3.63, 3.8) is 0 Å². The molecule has 0 spiro atoms. The van der Waals surface area contributed by atoms with Crippen LogP contribution in [0.15, 0.2) is 36.5 Å². The van der Waals surface area contributed by atoms with Crippen molar-refractivity contribution in [1.29, 1.82) is 0 Å². The summed E-state index contributed by atoms with van der Waals surface area (Å²) in [4.78, 5) is 16.4. The van der Waals surface area contributed by atoms with Gasteiger partial charge in [0.2, 0.25) is 5.91 Å². The van der Waals surface area contributed by atoms with Crippen LogP contribution in [0.2, 0.25) is 5.02 Å². The monoisotopic (exact) mass is 331 g/mol. The predicted octanol–water partition coefficient (Wildman–Crippen LogP) is 5.16. The van der Waals surface area contributed by atoms with Crippen molar-refractivity contribution in [2.75, 3.05) is 10.6 Å². The predicted molar refractivity (Wildman–Crippen MR) is 96.4 cm³/mol. The van der Waals surface area contributed by atoms with Crippen molar-refractivity contribution in [3.05, 3.63) is 47.1 Å². The minimum absolute atomic E-state index is 0.0459. The fourth-order valence-electron chi connectivity index (χ4n) is 2.35. The van der Waals surface area contributed by atoms with E-state index in [4.69, 9.17) is 11.6 Å². The molecule has 0 aliphatic rings. The van der Waals surface area contributed by atoms with Crippen LogP contribution < -0.4 is 10.6 Å². The summed E-state index contributed by atoms with van der Waals surface area (Å²) >= 11 is 5.95. The molecule has 4 nitrogen and oxygen atoms in total. The van der Waals surface area contributed by atoms with Gasteiger partial charge in [0.05, 0.1) is 11.9 Å². The molecular weight excluding hydrogens is 310 g/mol. The van der Waals surface area contributed by atoms with Crippen LogP contribution in [0.3, 0.4) is 0 Å². The number of hydrogen-bond acceptors (Lipinski definition) is 3. The quantitative estimate of drug-likeness (QED) is 0.768. The lowest BCUT2D eigenvalue weighted by Crippen LogP contribution is -2.21. The molecule has 0 atom stereocenters. The normalized spacial score (nSPS) is 10.7. The number of halogens is 1. The van der Waals surface area contributed by atoms with Crippen LogP contribution in [0.5, 0.6) is 0 Å². The second-order valence-electron chi connectivity index (χ2n) is 5.52. The largest absolute Gasteiger partial charge is 0.340 e. The number of rotatable bonds is 6. The molecule has 0 fully saturated rings. The van der Waals surface area contributed by atoms with Gasteiger partial charge in [-0.15, -0.1) is 0 Å². The van der Waals surface area contributed by atoms with Gasteiger partial charge in [-0.25, -0.2) is 4.98 Å². The Labute approximate surface area is 142 Å². The number of nitrogens with one attached hydrogen (secondary N) is 2. The standard InChI is InChI=1S/C18H22ClN3O/c1-4-13(5-2)18(23)21-15-7-9-17(20-11-15)22-16-8-6-14(19)10-12(16)3/h6-11,13H,4-5H2,1-3H3,(H,20,22)(H,21,23). The number of aromatic nitrogens is 1. The summed E-state index contributed by atoms with van der Waals surface area (Å²) in [6.07, 6.45) is 3.34. The van der Waals surface area contributed by atoms with Crippen LogP contribution in [0.1, 0.15) is 32.3 Å². The summed E-state index contributed by atoms with van der Waals surface area (Å²) in [6, 6.07) is 9.34. The lowest BCUT2D eigenvalue weighted by Gasteiger charge is -2.13. The average molecular weight is 332 g/mol. The highest BCUT2D eigenvalue weighted by molar-refractivity contribution is 6.30. The van der Waals surface area contributed by atoms with Crippen molar-refractivity contribution in [2.24, 2.45) is 5.92 Å². The minimum Gasteiger partial charge on any atom is -0.340 e. The molecule has 0 aliphatic carbocycles. The summed E-state index contributed by atoms with van der Waals surface area (Å²) in [7, 11) is 0. The Kier molecular flexibility index (Phi) is 5.99. The summed E-state index contributed by atoms with van der Waals surface area (Å²) in [5.74, 6) is 0.812. The molecule has 2 aromatic rings. The lowest BCUT2D eigenvalue weighted by atomic mass is 10.0. The molecule has 122 valence electrons. The Bertz CT molecular complexity index is 666. The smallest absolute Gasteiger partial charge is 0.227 e. The second-order valence-corrected chi connectivity index (χ2v) is 5.96. The third kappa shape index (κ3) is 4.70. The number of amides is 1. The molecule has 23 heavy (non-hydrogen) atoms. The molecule has 1 heterocycles. The molecule has 1 amide bonds. The lowest BCUT2D eigenvalue weighted by molar-refractivity contribution is -0.120. The second kappa shape index (κ2) is 7.97. The number of carbonyl (C=O) groups is 1. The first-order chi connectivity index (χ1) is 11.0. The molecule has 0 bridgehead atoms. The molecule has 2 rings (SSSR count). The van der Waals surface area contributed by atoms with E-state index in [-0.39, 0.29) is 11.8 Å². The maximum Gasteiger partial charge on any atom is 0.227 e. The third-order valence-corrected chi connectivity index (χ3v) is 4.07. The fourth-order valence-corrected chi connectivity index (χ4v) is 2.58. The van der Waals surface area contributed by atoms with Crippen LogP contribution in [0, 0.1) is 12.8 Å². The Morgan fingerprint density at radius 3 is 2.52 bits per heavy atom. The molecule has 1 aromatic heterocycles. The van der Waals surface area contributed by atoms with Gasteiger partial charge in [0.25, 0.3) is 0 Å². The van der Waals surface area contributed by atoms with Gasteiger partial charge < -0.3 is 10.6 Å². The highest BCUT2D eigenvalue weighted by Gasteiger charge is 2.14. The number of anilines is 3. The van der Waals surface area contributed by atoms with Crippen LogP contribution in [0.4, 0.5) is 17.2 Å². The van der Waals surface area contributed by atoms with Crippen LogP contribution in [0.25, 0.3) is 0 Å². The Balaban J connectivity index is 2.03. The van der Waals surface area contributed by atoms with E-state index in [2.05, 4.69) is 15.6 Å². The van der Waals surface area contributed by atoms with Gasteiger partial charge in [-0.3, -0.25) is 4.79 Å². The molecule has 0 saturated carbocycles. The summed E-state index contributed by atoms with van der Waals surface area (Å²) in [5.41, 5.74) is 2.71. The van der Waals surface area contributed by atoms with Gasteiger partial charge in [-0.1, -0.05) is 25.4 Å². The van der Waals surface area contributed by atoms with E-state index in [0.29, 0.717) is 10.7 Å². The minimum atomic E-state index is 0.0459. The highest BCUT2D eigenvalue weighted by atomic mass is 35.5. The van der Waals surface area contributed by atoms with Crippen molar-refractivity contribution in [2.45, 2.75) is 33.6 Å². The molecule has 2 N–H and O–H groups in total. The van der Waals surface area contributed by atoms with E-state index in [1.807, 2.05) is 51.1 Å². The third-order valence-electron chi connectivity index (χ3n) is 3.84. The number of hydrogen-bond donors (Lipinski definition) is 2. The molecule has 0 saturated heterocycles. The number of pyridine rings is 1. The van der Waals surface area contributed by atoms with Gasteiger partial charge in [0.15, 0.2) is 0 Å². The first-order valence-electron chi connectivity index (χ1n) is 7.83. The maximum atomic E-state index is 12.1. The SMILES string of the molecule is CCC(CC)C(=O)Nc1ccc(Nc2ccc(Cl)cc2C)nc1. The van der Waals surface area contributed by atoms with Gasteiger partial charge in [0.1, 0.15) is 5.82 Å². The van der Waals surface area contributed by atoms with Crippen molar-refractivity contribution in [3.8, 4) is 0 Å². The van der Waals surface area contributed by atoms with E-state index >= 15 is 0 Å². The molecule has 1 aromatic carbocycles. The van der Waals surface area contributed by atoms with Crippen LogP contribution in [-0.4, -0.2) is 10.9 Å². The van der Waals surface area contributed by atoms with E-state index in [1.54, 1.807) is 6.20 Å². The number of aryl methyl sites for hydroxylation is 1. The van der Waals surface area contributed by atoms with Crippen LogP contribution in [-0.2, 0) is 4.79 Å². The number of carbonyl (C=O) groups excluding carboxylic acids is 1. The average Bonchev–Trinajstić information content (AvgIpc) is 2.53. The van der Waals surface area contributed by atoms with E-state index in [0.717, 1.165) is 29.9 Å². The van der Waals surface area contributed by atoms with E-state index in [9.17, 15) is 4.79 Å². The Hall–Kier alpha value is -2.07. The van der Waals surface area contributed by atoms with E-state index < -0.39 is 0 Å². The van der Waals surface area contributed by atoms with Crippen molar-refractivity contribution >= 4 is 34.7 Å². The van der Waals surface area contributed by atoms with Gasteiger partial charge >= 0.3 is 0 Å². The van der Waals surface area contributed by atoms with Crippen LogP contribution >= 0.6 is 11.6 Å².